The molecule has 120 valence electrons. The molecule has 0 aliphatic carbocycles. The lowest BCUT2D eigenvalue weighted by molar-refractivity contribution is 0.407. The summed E-state index contributed by atoms with van der Waals surface area (Å²) in [6.45, 7) is 3.33. The Morgan fingerprint density at radius 1 is 1.30 bits per heavy atom. The van der Waals surface area contributed by atoms with Crippen LogP contribution in [0.25, 0.3) is 11.0 Å². The van der Waals surface area contributed by atoms with E-state index in [9.17, 15) is 0 Å². The average molecular weight is 331 g/mol. The highest BCUT2D eigenvalue weighted by molar-refractivity contribution is 6.31. The fraction of sp³-hybridized carbons (Fsp3) is 0.294. The number of hydrogen-bond donors (Lipinski definition) is 1. The van der Waals surface area contributed by atoms with E-state index in [1.54, 1.807) is 11.8 Å². The van der Waals surface area contributed by atoms with Crippen LogP contribution in [-0.2, 0) is 20.1 Å². The SMILES string of the molecule is COc1cccc(Cl)c1CNCc1cnc2c(c1)c(C)nn2C. The molecule has 0 bridgehead atoms. The Labute approximate surface area is 140 Å². The number of hydrogen-bond acceptors (Lipinski definition) is 4. The Morgan fingerprint density at radius 3 is 2.91 bits per heavy atom. The summed E-state index contributed by atoms with van der Waals surface area (Å²) >= 11 is 6.25. The van der Waals surface area contributed by atoms with Gasteiger partial charge in [0, 0.05) is 42.3 Å². The van der Waals surface area contributed by atoms with Gasteiger partial charge in [0.2, 0.25) is 0 Å². The number of nitrogens with one attached hydrogen (secondary N) is 1. The third kappa shape index (κ3) is 3.16. The van der Waals surface area contributed by atoms with Gasteiger partial charge in [0.15, 0.2) is 5.65 Å². The van der Waals surface area contributed by atoms with Crippen molar-refractivity contribution in [3.63, 3.8) is 0 Å². The lowest BCUT2D eigenvalue weighted by Gasteiger charge is -2.11. The Morgan fingerprint density at radius 2 is 2.13 bits per heavy atom. The number of benzene rings is 1. The Bertz CT molecular complexity index is 844. The van der Waals surface area contributed by atoms with E-state index in [4.69, 9.17) is 16.3 Å². The molecule has 0 aliphatic rings. The van der Waals surface area contributed by atoms with E-state index >= 15 is 0 Å². The maximum atomic E-state index is 6.25. The Kier molecular flexibility index (Phi) is 4.50. The minimum absolute atomic E-state index is 0.632. The first-order valence-corrected chi connectivity index (χ1v) is 7.78. The second-order valence-electron chi connectivity index (χ2n) is 5.45. The highest BCUT2D eigenvalue weighted by Gasteiger charge is 2.09. The number of nitrogens with zero attached hydrogens (tertiary/aromatic N) is 3. The minimum atomic E-state index is 0.632. The average Bonchev–Trinajstić information content (AvgIpc) is 2.83. The normalized spacial score (nSPS) is 11.1. The number of pyridine rings is 1. The molecule has 1 N–H and O–H groups in total. The van der Waals surface area contributed by atoms with E-state index in [0.29, 0.717) is 18.1 Å². The van der Waals surface area contributed by atoms with Crippen LogP contribution in [0.5, 0.6) is 5.75 Å². The summed E-state index contributed by atoms with van der Waals surface area (Å²) in [5, 5.41) is 9.57. The van der Waals surface area contributed by atoms with E-state index in [-0.39, 0.29) is 0 Å². The number of aromatic nitrogens is 3. The summed E-state index contributed by atoms with van der Waals surface area (Å²) in [6, 6.07) is 7.79. The van der Waals surface area contributed by atoms with Gasteiger partial charge in [0.1, 0.15) is 5.75 Å². The molecule has 0 atom stereocenters. The molecule has 3 rings (SSSR count). The summed E-state index contributed by atoms with van der Waals surface area (Å²) in [4.78, 5) is 4.49. The zero-order valence-electron chi connectivity index (χ0n) is 13.4. The third-order valence-electron chi connectivity index (χ3n) is 3.85. The van der Waals surface area contributed by atoms with Gasteiger partial charge in [-0.3, -0.25) is 4.68 Å². The fourth-order valence-corrected chi connectivity index (χ4v) is 2.91. The first-order chi connectivity index (χ1) is 11.1. The van der Waals surface area contributed by atoms with Crippen molar-refractivity contribution in [3.8, 4) is 5.75 Å². The van der Waals surface area contributed by atoms with Crippen LogP contribution in [-0.4, -0.2) is 21.9 Å². The molecule has 5 nitrogen and oxygen atoms in total. The first kappa shape index (κ1) is 15.8. The van der Waals surface area contributed by atoms with Crippen molar-refractivity contribution in [2.75, 3.05) is 7.11 Å². The van der Waals surface area contributed by atoms with Gasteiger partial charge in [-0.2, -0.15) is 5.10 Å². The third-order valence-corrected chi connectivity index (χ3v) is 4.20. The summed E-state index contributed by atoms with van der Waals surface area (Å²) in [6.07, 6.45) is 1.88. The molecule has 2 aromatic heterocycles. The number of ether oxygens (including phenoxy) is 1. The summed E-state index contributed by atoms with van der Waals surface area (Å²) in [5.74, 6) is 0.793. The molecule has 3 aromatic rings. The molecule has 0 spiro atoms. The molecule has 0 radical (unpaired) electrons. The van der Waals surface area contributed by atoms with Gasteiger partial charge >= 0.3 is 0 Å². The van der Waals surface area contributed by atoms with E-state index in [1.807, 2.05) is 38.4 Å². The van der Waals surface area contributed by atoms with E-state index < -0.39 is 0 Å². The molecule has 0 saturated carbocycles. The molecule has 0 amide bonds. The van der Waals surface area contributed by atoms with Gasteiger partial charge in [-0.05, 0) is 30.7 Å². The van der Waals surface area contributed by atoms with E-state index in [0.717, 1.165) is 33.6 Å². The molecule has 1 aromatic carbocycles. The predicted molar refractivity (Wildman–Crippen MR) is 91.8 cm³/mol. The number of methoxy groups -OCH3 is 1. The zero-order chi connectivity index (χ0) is 16.4. The van der Waals surface area contributed by atoms with Gasteiger partial charge in [-0.15, -0.1) is 0 Å². The highest BCUT2D eigenvalue weighted by Crippen LogP contribution is 2.26. The van der Waals surface area contributed by atoms with Crippen LogP contribution in [0, 0.1) is 6.92 Å². The van der Waals surface area contributed by atoms with Crippen molar-refractivity contribution in [1.82, 2.24) is 20.1 Å². The maximum absolute atomic E-state index is 6.25. The van der Waals surface area contributed by atoms with Gasteiger partial charge in [0.25, 0.3) is 0 Å². The van der Waals surface area contributed by atoms with Gasteiger partial charge < -0.3 is 10.1 Å². The molecule has 23 heavy (non-hydrogen) atoms. The van der Waals surface area contributed by atoms with Gasteiger partial charge in [0.05, 0.1) is 12.8 Å². The Balaban J connectivity index is 1.73. The number of aryl methyl sites for hydroxylation is 2. The lowest BCUT2D eigenvalue weighted by atomic mass is 10.1. The van der Waals surface area contributed by atoms with Crippen molar-refractivity contribution < 1.29 is 4.74 Å². The highest BCUT2D eigenvalue weighted by atomic mass is 35.5. The van der Waals surface area contributed by atoms with Crippen LogP contribution in [0.3, 0.4) is 0 Å². The molecule has 0 unspecified atom stereocenters. The number of halogens is 1. The van der Waals surface area contributed by atoms with Crippen LogP contribution in [0.15, 0.2) is 30.5 Å². The zero-order valence-corrected chi connectivity index (χ0v) is 14.2. The maximum Gasteiger partial charge on any atom is 0.157 e. The molecular weight excluding hydrogens is 312 g/mol. The monoisotopic (exact) mass is 330 g/mol. The topological polar surface area (TPSA) is 52.0 Å². The lowest BCUT2D eigenvalue weighted by Crippen LogP contribution is -2.14. The second-order valence-corrected chi connectivity index (χ2v) is 5.86. The molecule has 6 heteroatoms. The van der Waals surface area contributed by atoms with Crippen LogP contribution in [0.1, 0.15) is 16.8 Å². The standard InChI is InChI=1S/C17H19ClN4O/c1-11-13-7-12(9-20-17(13)22(2)21-11)8-19-10-14-15(18)5-4-6-16(14)23-3/h4-7,9,19H,8,10H2,1-3H3. The fourth-order valence-electron chi connectivity index (χ4n) is 2.68. The molecular formula is C17H19ClN4O. The van der Waals surface area contributed by atoms with Crippen LogP contribution < -0.4 is 10.1 Å². The summed E-state index contributed by atoms with van der Waals surface area (Å²) < 4.78 is 7.16. The number of fused-ring (bicyclic) bond motifs is 1. The van der Waals surface area contributed by atoms with Gasteiger partial charge in [-0.1, -0.05) is 17.7 Å². The predicted octanol–water partition coefficient (Wildman–Crippen LogP) is 3.23. The van der Waals surface area contributed by atoms with Gasteiger partial charge in [-0.25, -0.2) is 4.98 Å². The van der Waals surface area contributed by atoms with Crippen LogP contribution in [0.2, 0.25) is 5.02 Å². The summed E-state index contributed by atoms with van der Waals surface area (Å²) in [7, 11) is 3.56. The second kappa shape index (κ2) is 6.56. The molecule has 0 saturated heterocycles. The van der Waals surface area contributed by atoms with Crippen molar-refractivity contribution in [3.05, 3.63) is 52.3 Å². The van der Waals surface area contributed by atoms with E-state index in [1.165, 1.54) is 0 Å². The minimum Gasteiger partial charge on any atom is -0.496 e. The molecule has 0 aliphatic heterocycles. The summed E-state index contributed by atoms with van der Waals surface area (Å²) in [5.41, 5.74) is 3.96. The smallest absolute Gasteiger partial charge is 0.157 e. The Hall–Kier alpha value is -2.11. The van der Waals surface area contributed by atoms with Crippen molar-refractivity contribution >= 4 is 22.6 Å². The largest absolute Gasteiger partial charge is 0.496 e. The first-order valence-electron chi connectivity index (χ1n) is 7.40. The van der Waals surface area contributed by atoms with Crippen LogP contribution >= 0.6 is 11.6 Å². The van der Waals surface area contributed by atoms with Crippen molar-refractivity contribution in [1.29, 1.82) is 0 Å². The van der Waals surface area contributed by atoms with Crippen molar-refractivity contribution in [2.45, 2.75) is 20.0 Å². The molecule has 2 heterocycles. The number of rotatable bonds is 5. The van der Waals surface area contributed by atoms with Crippen LogP contribution in [0.4, 0.5) is 0 Å². The van der Waals surface area contributed by atoms with E-state index in [2.05, 4.69) is 21.5 Å². The van der Waals surface area contributed by atoms with Crippen molar-refractivity contribution in [2.24, 2.45) is 7.05 Å². The quantitative estimate of drug-likeness (QED) is 0.780. The molecule has 0 fully saturated rings.